The Morgan fingerprint density at radius 3 is 2.68 bits per heavy atom. The van der Waals surface area contributed by atoms with Crippen LogP contribution in [0.2, 0.25) is 0 Å². The lowest BCUT2D eigenvalue weighted by atomic mass is 9.78. The average molecular weight is 257 g/mol. The molecule has 4 N–H and O–H groups in total. The van der Waals surface area contributed by atoms with E-state index in [2.05, 4.69) is 10.6 Å². The van der Waals surface area contributed by atoms with Gasteiger partial charge < -0.3 is 16.4 Å². The van der Waals surface area contributed by atoms with Crippen molar-refractivity contribution in [2.75, 3.05) is 6.54 Å². The minimum Gasteiger partial charge on any atom is -0.368 e. The molecule has 2 heterocycles. The topological polar surface area (TPSA) is 84.2 Å². The van der Waals surface area contributed by atoms with Crippen molar-refractivity contribution < 1.29 is 9.59 Å². The van der Waals surface area contributed by atoms with Crippen LogP contribution >= 0.6 is 0 Å². The molecule has 3 aliphatic rings. The minimum absolute atomic E-state index is 0.0649. The van der Waals surface area contributed by atoms with Gasteiger partial charge in [-0.3, -0.25) is 9.59 Å². The van der Waals surface area contributed by atoms with Crippen LogP contribution in [-0.4, -0.2) is 24.4 Å². The average Bonchev–Trinajstić information content (AvgIpc) is 2.87. The Bertz CT molecular complexity index is 571. The molecule has 1 aliphatic carbocycles. The third-order valence-electron chi connectivity index (χ3n) is 3.89. The van der Waals surface area contributed by atoms with E-state index < -0.39 is 17.4 Å². The quantitative estimate of drug-likeness (QED) is 0.612. The summed E-state index contributed by atoms with van der Waals surface area (Å²) in [6.45, 7) is 0.438. The molecule has 5 nitrogen and oxygen atoms in total. The number of rotatable bonds is 1. The number of nitrogens with one attached hydrogen (secondary N) is 2. The number of primary amides is 1. The number of hydrogen-bond donors (Lipinski definition) is 3. The Morgan fingerprint density at radius 1 is 1.26 bits per heavy atom. The third-order valence-corrected chi connectivity index (χ3v) is 3.89. The van der Waals surface area contributed by atoms with Crippen molar-refractivity contribution in [1.29, 1.82) is 0 Å². The summed E-state index contributed by atoms with van der Waals surface area (Å²) in [5.41, 5.74) is 6.37. The van der Waals surface area contributed by atoms with E-state index in [0.29, 0.717) is 13.0 Å². The van der Waals surface area contributed by atoms with E-state index in [-0.39, 0.29) is 5.91 Å². The number of allylic oxidation sites excluding steroid dienone is 6. The van der Waals surface area contributed by atoms with E-state index >= 15 is 0 Å². The van der Waals surface area contributed by atoms with Crippen LogP contribution in [0.4, 0.5) is 0 Å². The third kappa shape index (κ3) is 1.74. The molecule has 2 aliphatic heterocycles. The second-order valence-electron chi connectivity index (χ2n) is 5.01. The monoisotopic (exact) mass is 257 g/mol. The van der Waals surface area contributed by atoms with Crippen molar-refractivity contribution in [3.8, 4) is 0 Å². The van der Waals surface area contributed by atoms with E-state index in [4.69, 9.17) is 5.73 Å². The zero-order valence-electron chi connectivity index (χ0n) is 10.3. The molecule has 2 amide bonds. The number of amides is 2. The van der Waals surface area contributed by atoms with E-state index in [1.165, 1.54) is 0 Å². The Balaban J connectivity index is 2.02. The molecule has 0 aromatic rings. The van der Waals surface area contributed by atoms with Crippen molar-refractivity contribution >= 4 is 11.8 Å². The highest BCUT2D eigenvalue weighted by Crippen LogP contribution is 2.43. The first-order chi connectivity index (χ1) is 9.13. The highest BCUT2D eigenvalue weighted by Gasteiger charge is 2.52. The van der Waals surface area contributed by atoms with E-state index in [0.717, 1.165) is 11.3 Å². The molecule has 2 unspecified atom stereocenters. The Kier molecular flexibility index (Phi) is 2.64. The summed E-state index contributed by atoms with van der Waals surface area (Å²) in [6, 6.07) is -0.448. The van der Waals surface area contributed by atoms with Gasteiger partial charge in [0.15, 0.2) is 0 Å². The Morgan fingerprint density at radius 2 is 2.00 bits per heavy atom. The molecule has 0 aromatic carbocycles. The molecule has 0 aromatic heterocycles. The van der Waals surface area contributed by atoms with Crippen molar-refractivity contribution in [1.82, 2.24) is 10.6 Å². The lowest BCUT2D eigenvalue weighted by Gasteiger charge is -2.21. The molecule has 0 bridgehead atoms. The Hall–Kier alpha value is -2.14. The van der Waals surface area contributed by atoms with Crippen LogP contribution in [0.15, 0.2) is 47.7 Å². The zero-order valence-corrected chi connectivity index (χ0v) is 10.3. The van der Waals surface area contributed by atoms with Crippen molar-refractivity contribution in [3.63, 3.8) is 0 Å². The van der Waals surface area contributed by atoms with Gasteiger partial charge >= 0.3 is 0 Å². The zero-order chi connectivity index (χ0) is 13.5. The Labute approximate surface area is 110 Å². The van der Waals surface area contributed by atoms with Gasteiger partial charge in [-0.1, -0.05) is 30.4 Å². The van der Waals surface area contributed by atoms with Crippen molar-refractivity contribution in [3.05, 3.63) is 47.7 Å². The molecule has 1 saturated heterocycles. The summed E-state index contributed by atoms with van der Waals surface area (Å²) in [5, 5.41) is 5.94. The lowest BCUT2D eigenvalue weighted by Crippen LogP contribution is -2.36. The summed E-state index contributed by atoms with van der Waals surface area (Å²) in [6.07, 6.45) is 11.8. The van der Waals surface area contributed by atoms with Gasteiger partial charge in [-0.25, -0.2) is 0 Å². The largest absolute Gasteiger partial charge is 0.368 e. The molecule has 5 heteroatoms. The molecule has 3 rings (SSSR count). The van der Waals surface area contributed by atoms with Crippen LogP contribution in [-0.2, 0) is 9.59 Å². The maximum atomic E-state index is 12.3. The standard InChI is InChI=1S/C14H15N3O2/c15-12(18)11-7-14(8-16-11)9-5-3-1-2-4-6-10(9)17-13(14)19/h1-6,11,16H,7-8H2,(H2,15,18)(H,17,19)/b2-1-,3-1?,4-2?,5-3-,6-4?,9-5?,10-6?. The molecule has 19 heavy (non-hydrogen) atoms. The van der Waals surface area contributed by atoms with Crippen LogP contribution in [0.1, 0.15) is 6.42 Å². The number of carbonyl (C=O) groups excluding carboxylic acids is 2. The summed E-state index contributed by atoms with van der Waals surface area (Å²) in [4.78, 5) is 23.6. The predicted octanol–water partition coefficient (Wildman–Crippen LogP) is -0.114. The molecule has 1 spiro atoms. The van der Waals surface area contributed by atoms with Gasteiger partial charge in [0.05, 0.1) is 11.5 Å². The molecule has 98 valence electrons. The number of nitrogens with two attached hydrogens (primary N) is 1. The maximum absolute atomic E-state index is 12.3. The highest BCUT2D eigenvalue weighted by molar-refractivity contribution is 5.95. The lowest BCUT2D eigenvalue weighted by molar-refractivity contribution is -0.126. The van der Waals surface area contributed by atoms with E-state index in [1.807, 2.05) is 36.5 Å². The van der Waals surface area contributed by atoms with Crippen LogP contribution in [0.5, 0.6) is 0 Å². The van der Waals surface area contributed by atoms with Gasteiger partial charge in [-0.05, 0) is 18.1 Å². The van der Waals surface area contributed by atoms with Crippen LogP contribution < -0.4 is 16.4 Å². The maximum Gasteiger partial charge on any atom is 0.236 e. The predicted molar refractivity (Wildman–Crippen MR) is 70.6 cm³/mol. The molecular weight excluding hydrogens is 242 g/mol. The fourth-order valence-corrected chi connectivity index (χ4v) is 2.87. The number of carbonyl (C=O) groups is 2. The van der Waals surface area contributed by atoms with Gasteiger partial charge in [0.1, 0.15) is 0 Å². The summed E-state index contributed by atoms with van der Waals surface area (Å²) < 4.78 is 0. The van der Waals surface area contributed by atoms with E-state index in [9.17, 15) is 9.59 Å². The second-order valence-corrected chi connectivity index (χ2v) is 5.01. The SMILES string of the molecule is NC(=O)C1CC2(CN1)C(=O)NC1=C2/C=C\C=C/C=C1. The first-order valence-corrected chi connectivity index (χ1v) is 6.24. The number of fused-ring (bicyclic) bond motifs is 1. The van der Waals surface area contributed by atoms with Gasteiger partial charge in [-0.2, -0.15) is 0 Å². The first-order valence-electron chi connectivity index (χ1n) is 6.24. The van der Waals surface area contributed by atoms with Gasteiger partial charge in [0.2, 0.25) is 11.8 Å². The van der Waals surface area contributed by atoms with Crippen LogP contribution in [0.3, 0.4) is 0 Å². The summed E-state index contributed by atoms with van der Waals surface area (Å²) in [7, 11) is 0. The normalized spacial score (nSPS) is 35.8. The second kappa shape index (κ2) is 4.20. The van der Waals surface area contributed by atoms with Gasteiger partial charge in [-0.15, -0.1) is 0 Å². The fraction of sp³-hybridized carbons (Fsp3) is 0.286. The molecule has 1 fully saturated rings. The molecular formula is C14H15N3O2. The summed E-state index contributed by atoms with van der Waals surface area (Å²) >= 11 is 0. The first kappa shape index (κ1) is 11.9. The van der Waals surface area contributed by atoms with Crippen LogP contribution in [0, 0.1) is 5.41 Å². The van der Waals surface area contributed by atoms with Crippen molar-refractivity contribution in [2.24, 2.45) is 11.1 Å². The molecule has 2 atom stereocenters. The highest BCUT2D eigenvalue weighted by atomic mass is 16.2. The minimum atomic E-state index is -0.680. The van der Waals surface area contributed by atoms with Crippen molar-refractivity contribution in [2.45, 2.75) is 12.5 Å². The fourth-order valence-electron chi connectivity index (χ4n) is 2.87. The summed E-state index contributed by atoms with van der Waals surface area (Å²) in [5.74, 6) is -0.478. The van der Waals surface area contributed by atoms with Gasteiger partial charge in [0.25, 0.3) is 0 Å². The smallest absolute Gasteiger partial charge is 0.236 e. The molecule has 0 radical (unpaired) electrons. The van der Waals surface area contributed by atoms with E-state index in [1.54, 1.807) is 0 Å². The van der Waals surface area contributed by atoms with Gasteiger partial charge in [0, 0.05) is 12.2 Å². The van der Waals surface area contributed by atoms with Crippen LogP contribution in [0.25, 0.3) is 0 Å². The molecule has 0 saturated carbocycles. The number of hydrogen-bond acceptors (Lipinski definition) is 3.